The minimum atomic E-state index is 0.607. The van der Waals surface area contributed by atoms with Gasteiger partial charge in [0.05, 0.1) is 0 Å². The number of nitrogens with zero attached hydrogens (tertiary/aromatic N) is 3. The third-order valence-corrected chi connectivity index (χ3v) is 1.94. The van der Waals surface area contributed by atoms with Crippen molar-refractivity contribution in [1.29, 1.82) is 0 Å². The zero-order valence-electron chi connectivity index (χ0n) is 8.98. The topological polar surface area (TPSA) is 67.1 Å². The van der Waals surface area contributed by atoms with E-state index in [2.05, 4.69) is 21.9 Å². The Kier molecular flexibility index (Phi) is 4.56. The van der Waals surface area contributed by atoms with Crippen molar-refractivity contribution in [3.63, 3.8) is 0 Å². The minimum absolute atomic E-state index is 0.607. The summed E-state index contributed by atoms with van der Waals surface area (Å²) >= 11 is 0. The lowest BCUT2D eigenvalue weighted by Crippen LogP contribution is -2.25. The van der Waals surface area contributed by atoms with E-state index in [1.807, 2.05) is 18.0 Å². The van der Waals surface area contributed by atoms with E-state index in [1.165, 1.54) is 6.33 Å². The summed E-state index contributed by atoms with van der Waals surface area (Å²) in [6, 6.07) is 1.89. The van der Waals surface area contributed by atoms with Crippen LogP contribution < -0.4 is 16.0 Å². The van der Waals surface area contributed by atoms with E-state index < -0.39 is 0 Å². The maximum Gasteiger partial charge on any atom is 0.133 e. The molecule has 5 heteroatoms. The lowest BCUT2D eigenvalue weighted by molar-refractivity contribution is 0.864. The molecule has 0 aromatic carbocycles. The molecule has 15 heavy (non-hydrogen) atoms. The Morgan fingerprint density at radius 3 is 3.07 bits per heavy atom. The second kappa shape index (κ2) is 5.98. The van der Waals surface area contributed by atoms with Gasteiger partial charge in [0.2, 0.25) is 0 Å². The summed E-state index contributed by atoms with van der Waals surface area (Å²) in [5, 5.41) is 3.10. The summed E-state index contributed by atoms with van der Waals surface area (Å²) in [7, 11) is 1.95. The van der Waals surface area contributed by atoms with Crippen molar-refractivity contribution in [3.8, 4) is 0 Å². The van der Waals surface area contributed by atoms with E-state index in [0.29, 0.717) is 13.1 Å². The fourth-order valence-electron chi connectivity index (χ4n) is 1.14. The fourth-order valence-corrected chi connectivity index (χ4v) is 1.14. The third kappa shape index (κ3) is 3.55. The van der Waals surface area contributed by atoms with E-state index in [-0.39, 0.29) is 0 Å². The molecular formula is C10H17N5. The second-order valence-corrected chi connectivity index (χ2v) is 3.14. The molecule has 0 aliphatic carbocycles. The molecule has 0 spiro atoms. The van der Waals surface area contributed by atoms with Gasteiger partial charge in [-0.05, 0) is 0 Å². The first-order valence-electron chi connectivity index (χ1n) is 4.86. The van der Waals surface area contributed by atoms with Gasteiger partial charge in [-0.15, -0.1) is 6.58 Å². The molecule has 1 aromatic rings. The van der Waals surface area contributed by atoms with Gasteiger partial charge in [0.25, 0.3) is 0 Å². The maximum absolute atomic E-state index is 5.47. The van der Waals surface area contributed by atoms with Crippen LogP contribution in [0.1, 0.15) is 0 Å². The van der Waals surface area contributed by atoms with E-state index in [9.17, 15) is 0 Å². The molecule has 0 fully saturated rings. The highest BCUT2D eigenvalue weighted by Gasteiger charge is 2.02. The Balaban J connectivity index is 2.68. The van der Waals surface area contributed by atoms with E-state index in [1.54, 1.807) is 6.08 Å². The normalized spacial score (nSPS) is 9.73. The number of hydrogen-bond donors (Lipinski definition) is 2. The number of rotatable bonds is 6. The first kappa shape index (κ1) is 11.5. The highest BCUT2D eigenvalue weighted by atomic mass is 15.2. The second-order valence-electron chi connectivity index (χ2n) is 3.14. The zero-order chi connectivity index (χ0) is 11.1. The molecule has 0 amide bonds. The molecule has 0 saturated carbocycles. The Morgan fingerprint density at radius 1 is 1.60 bits per heavy atom. The Labute approximate surface area is 90.0 Å². The standard InChI is InChI=1S/C10H17N5/c1-3-5-12-9-7-10(14-8-13-9)15(2)6-4-11/h3,7-8H,1,4-6,11H2,2H3,(H,12,13,14). The molecule has 0 unspecified atom stereocenters. The highest BCUT2D eigenvalue weighted by molar-refractivity contribution is 5.48. The quantitative estimate of drug-likeness (QED) is 0.664. The van der Waals surface area contributed by atoms with Gasteiger partial charge >= 0.3 is 0 Å². The molecule has 1 heterocycles. The summed E-state index contributed by atoms with van der Waals surface area (Å²) in [5.41, 5.74) is 5.47. The predicted molar refractivity (Wildman–Crippen MR) is 63.0 cm³/mol. The minimum Gasteiger partial charge on any atom is -0.366 e. The third-order valence-electron chi connectivity index (χ3n) is 1.94. The van der Waals surface area contributed by atoms with E-state index >= 15 is 0 Å². The van der Waals surface area contributed by atoms with Gasteiger partial charge < -0.3 is 16.0 Å². The van der Waals surface area contributed by atoms with Crippen molar-refractivity contribution in [2.75, 3.05) is 36.9 Å². The molecule has 1 aromatic heterocycles. The first-order valence-corrected chi connectivity index (χ1v) is 4.86. The van der Waals surface area contributed by atoms with Crippen molar-refractivity contribution in [2.24, 2.45) is 5.73 Å². The summed E-state index contributed by atoms with van der Waals surface area (Å²) in [6.07, 6.45) is 3.32. The van der Waals surface area contributed by atoms with Crippen molar-refractivity contribution < 1.29 is 0 Å². The highest BCUT2D eigenvalue weighted by Crippen LogP contribution is 2.11. The zero-order valence-corrected chi connectivity index (χ0v) is 8.98. The monoisotopic (exact) mass is 207 g/mol. The van der Waals surface area contributed by atoms with Crippen LogP contribution in [0.4, 0.5) is 11.6 Å². The van der Waals surface area contributed by atoms with E-state index in [4.69, 9.17) is 5.73 Å². The SMILES string of the molecule is C=CCNc1cc(N(C)CCN)ncn1. The van der Waals surface area contributed by atoms with Crippen LogP contribution in [0.5, 0.6) is 0 Å². The van der Waals surface area contributed by atoms with Gasteiger partial charge in [-0.2, -0.15) is 0 Å². The van der Waals surface area contributed by atoms with Gasteiger partial charge in [-0.25, -0.2) is 9.97 Å². The van der Waals surface area contributed by atoms with Gasteiger partial charge in [-0.3, -0.25) is 0 Å². The Hall–Kier alpha value is -1.62. The summed E-state index contributed by atoms with van der Waals surface area (Å²) in [5.74, 6) is 1.66. The molecule has 0 saturated heterocycles. The maximum atomic E-state index is 5.47. The Bertz CT molecular complexity index is 312. The number of aromatic nitrogens is 2. The van der Waals surface area contributed by atoms with Crippen LogP contribution in [0.25, 0.3) is 0 Å². The molecule has 0 bridgehead atoms. The molecular weight excluding hydrogens is 190 g/mol. The van der Waals surface area contributed by atoms with Gasteiger partial charge in [0.15, 0.2) is 0 Å². The van der Waals surface area contributed by atoms with Crippen molar-refractivity contribution >= 4 is 11.6 Å². The predicted octanol–water partition coefficient (Wildman–Crippen LogP) is 0.469. The van der Waals surface area contributed by atoms with Crippen LogP contribution in [-0.4, -0.2) is 36.6 Å². The summed E-state index contributed by atoms with van der Waals surface area (Å²) < 4.78 is 0. The lowest BCUT2D eigenvalue weighted by Gasteiger charge is -2.17. The lowest BCUT2D eigenvalue weighted by atomic mass is 10.4. The smallest absolute Gasteiger partial charge is 0.133 e. The molecule has 0 radical (unpaired) electrons. The molecule has 1 rings (SSSR count). The average molecular weight is 207 g/mol. The molecule has 3 N–H and O–H groups in total. The largest absolute Gasteiger partial charge is 0.366 e. The molecule has 0 aliphatic heterocycles. The molecule has 5 nitrogen and oxygen atoms in total. The van der Waals surface area contributed by atoms with Crippen LogP contribution in [0.15, 0.2) is 25.0 Å². The van der Waals surface area contributed by atoms with Crippen LogP contribution in [-0.2, 0) is 0 Å². The van der Waals surface area contributed by atoms with Gasteiger partial charge in [-0.1, -0.05) is 6.08 Å². The number of nitrogens with two attached hydrogens (primary N) is 1. The van der Waals surface area contributed by atoms with Crippen molar-refractivity contribution in [2.45, 2.75) is 0 Å². The van der Waals surface area contributed by atoms with Gasteiger partial charge in [0.1, 0.15) is 18.0 Å². The van der Waals surface area contributed by atoms with Gasteiger partial charge in [0, 0.05) is 32.7 Å². The average Bonchev–Trinajstić information content (AvgIpc) is 2.27. The van der Waals surface area contributed by atoms with Crippen LogP contribution in [0.3, 0.4) is 0 Å². The number of likely N-dealkylation sites (N-methyl/N-ethyl adjacent to an activating group) is 1. The van der Waals surface area contributed by atoms with E-state index in [0.717, 1.165) is 18.2 Å². The van der Waals surface area contributed by atoms with Crippen LogP contribution >= 0.6 is 0 Å². The molecule has 0 aliphatic rings. The fraction of sp³-hybridized carbons (Fsp3) is 0.400. The number of hydrogen-bond acceptors (Lipinski definition) is 5. The molecule has 82 valence electrons. The Morgan fingerprint density at radius 2 is 2.40 bits per heavy atom. The number of nitrogens with one attached hydrogen (secondary N) is 1. The first-order chi connectivity index (χ1) is 7.27. The van der Waals surface area contributed by atoms with Crippen LogP contribution in [0, 0.1) is 0 Å². The molecule has 0 atom stereocenters. The summed E-state index contributed by atoms with van der Waals surface area (Å²) in [4.78, 5) is 10.2. The number of anilines is 2. The van der Waals surface area contributed by atoms with Crippen molar-refractivity contribution in [1.82, 2.24) is 9.97 Å². The van der Waals surface area contributed by atoms with Crippen molar-refractivity contribution in [3.05, 3.63) is 25.0 Å². The summed E-state index contributed by atoms with van der Waals surface area (Å²) in [6.45, 7) is 5.70. The van der Waals surface area contributed by atoms with Crippen LogP contribution in [0.2, 0.25) is 0 Å².